The van der Waals surface area contributed by atoms with Crippen molar-refractivity contribution in [1.29, 1.82) is 0 Å². The molecule has 24 nitrogen and oxygen atoms in total. The summed E-state index contributed by atoms with van der Waals surface area (Å²) in [5, 5.41) is 61.0. The van der Waals surface area contributed by atoms with Gasteiger partial charge in [-0.2, -0.15) is 0 Å². The van der Waals surface area contributed by atoms with Crippen LogP contribution < -0.4 is 40.9 Å². The van der Waals surface area contributed by atoms with Gasteiger partial charge in [0.1, 0.15) is 46.9 Å². The molecule has 11 aliphatic rings. The number of anilines is 8. The lowest BCUT2D eigenvalue weighted by Crippen LogP contribution is -2.41. The second-order valence-electron chi connectivity index (χ2n) is 17.2. The standard InChI is InChI=1S/C44H44N12O12/c57-41-33-5-1-17-49(33)29-13-9-26(21-37(29)53(61)62)46-42(58)34-6-2-19-51(34)31-15-11-28(23-39(31)55(65)66)48-44(60)36-8-4-20-52(36)32-16-12-27(24-40(32)56(67)68)47-43(59)35-7-3-18-50(35)30-14-10-25(45-41)22-38(30)54(63)64/h9-16,21-24,33-36H,1-8,17-20H2,(H,45,57)(H,46,58)(H,47,59)(H,48,60)/t33-,34+,35+,36-. The fraction of sp³-hybridized carbons (Fsp3) is 0.364. The second kappa shape index (κ2) is 18.1. The van der Waals surface area contributed by atoms with Gasteiger partial charge < -0.3 is 40.9 Å². The van der Waals surface area contributed by atoms with Crippen LogP contribution in [0.1, 0.15) is 51.4 Å². The summed E-state index contributed by atoms with van der Waals surface area (Å²) in [5.41, 5.74) is -0.884. The predicted octanol–water partition coefficient (Wildman–Crippen LogP) is 6.06. The molecule has 4 N–H and O–H groups in total. The minimum absolute atomic E-state index is 0.0726. The maximum absolute atomic E-state index is 13.9. The number of nitrogens with one attached hydrogen (secondary N) is 4. The number of nitrogens with zero attached hydrogens (tertiary/aromatic N) is 8. The molecule has 15 rings (SSSR count). The van der Waals surface area contributed by atoms with Gasteiger partial charge >= 0.3 is 0 Å². The Morgan fingerprint density at radius 2 is 0.574 bits per heavy atom. The van der Waals surface area contributed by atoms with Gasteiger partial charge in [0.25, 0.3) is 22.7 Å². The molecule has 0 radical (unpaired) electrons. The fourth-order valence-electron chi connectivity index (χ4n) is 10.2. The van der Waals surface area contributed by atoms with Crippen molar-refractivity contribution in [3.8, 4) is 0 Å². The number of nitro groups is 4. The third kappa shape index (κ3) is 8.46. The van der Waals surface area contributed by atoms with Gasteiger partial charge in [0, 0.05) is 73.2 Å². The lowest BCUT2D eigenvalue weighted by molar-refractivity contribution is -0.384. The van der Waals surface area contributed by atoms with Gasteiger partial charge in [0.05, 0.1) is 19.7 Å². The lowest BCUT2D eigenvalue weighted by Gasteiger charge is -2.28. The van der Waals surface area contributed by atoms with Crippen LogP contribution in [-0.4, -0.2) is 93.7 Å². The van der Waals surface area contributed by atoms with E-state index in [-0.39, 0.29) is 71.7 Å². The van der Waals surface area contributed by atoms with Gasteiger partial charge in [-0.1, -0.05) is 0 Å². The molecule has 352 valence electrons. The quantitative estimate of drug-likeness (QED) is 0.133. The zero-order valence-corrected chi connectivity index (χ0v) is 36.2. The van der Waals surface area contributed by atoms with Gasteiger partial charge in [0.15, 0.2) is 0 Å². The summed E-state index contributed by atoms with van der Waals surface area (Å²) in [4.78, 5) is 109. The topological polar surface area (TPSA) is 302 Å². The van der Waals surface area contributed by atoms with E-state index in [0.717, 1.165) is 0 Å². The molecule has 11 aliphatic heterocycles. The van der Waals surface area contributed by atoms with Crippen molar-refractivity contribution >= 4 is 91.9 Å². The third-order valence-corrected chi connectivity index (χ3v) is 13.2. The average Bonchev–Trinajstić information content (AvgIpc) is 4.16. The number of rotatable bonds is 4. The van der Waals surface area contributed by atoms with Gasteiger partial charge in [0.2, 0.25) is 23.6 Å². The highest BCUT2D eigenvalue weighted by atomic mass is 16.6. The zero-order valence-electron chi connectivity index (χ0n) is 36.2. The van der Waals surface area contributed by atoms with E-state index in [0.29, 0.717) is 51.4 Å². The Morgan fingerprint density at radius 3 is 0.765 bits per heavy atom. The first-order valence-corrected chi connectivity index (χ1v) is 22.1. The van der Waals surface area contributed by atoms with E-state index in [1.54, 1.807) is 19.6 Å². The van der Waals surface area contributed by atoms with Crippen LogP contribution >= 0.6 is 0 Å². The lowest BCUT2D eigenvalue weighted by atomic mass is 10.1. The molecular formula is C44H44N12O12. The third-order valence-electron chi connectivity index (χ3n) is 13.2. The van der Waals surface area contributed by atoms with Crippen molar-refractivity contribution in [1.82, 2.24) is 0 Å². The molecule has 4 atom stereocenters. The van der Waals surface area contributed by atoms with Crippen LogP contribution in [0.3, 0.4) is 0 Å². The summed E-state index contributed by atoms with van der Waals surface area (Å²) in [5.74, 6) is -2.31. The molecule has 4 fully saturated rings. The zero-order chi connectivity index (χ0) is 48.0. The molecule has 0 spiro atoms. The van der Waals surface area contributed by atoms with E-state index in [4.69, 9.17) is 0 Å². The molecule has 0 aliphatic carbocycles. The highest BCUT2D eigenvalue weighted by molar-refractivity contribution is 6.02. The molecule has 0 unspecified atom stereocenters. The predicted molar refractivity (Wildman–Crippen MR) is 248 cm³/mol. The van der Waals surface area contributed by atoms with E-state index < -0.39 is 90.2 Å². The van der Waals surface area contributed by atoms with Crippen molar-refractivity contribution in [2.45, 2.75) is 75.5 Å². The van der Waals surface area contributed by atoms with E-state index in [1.165, 1.54) is 72.8 Å². The largest absolute Gasteiger partial charge is 0.354 e. The molecule has 0 saturated carbocycles. The van der Waals surface area contributed by atoms with Crippen molar-refractivity contribution in [2.75, 3.05) is 67.0 Å². The Hall–Kier alpha value is -8.44. The summed E-state index contributed by atoms with van der Waals surface area (Å²) >= 11 is 0. The minimum Gasteiger partial charge on any atom is -0.354 e. The van der Waals surface area contributed by atoms with Crippen molar-refractivity contribution < 1.29 is 38.9 Å². The first kappa shape index (κ1) is 44.7. The van der Waals surface area contributed by atoms with Gasteiger partial charge in [-0.05, 0) is 99.9 Å². The van der Waals surface area contributed by atoms with Crippen LogP contribution in [0.2, 0.25) is 0 Å². The first-order valence-electron chi connectivity index (χ1n) is 22.1. The normalized spacial score (nSPS) is 21.8. The molecule has 11 heterocycles. The van der Waals surface area contributed by atoms with E-state index >= 15 is 0 Å². The van der Waals surface area contributed by atoms with E-state index in [9.17, 15) is 59.6 Å². The number of amides is 4. The molecule has 4 amide bonds. The fourth-order valence-corrected chi connectivity index (χ4v) is 10.2. The highest BCUT2D eigenvalue weighted by Crippen LogP contribution is 2.41. The molecule has 4 aromatic rings. The molecule has 8 bridgehead atoms. The summed E-state index contributed by atoms with van der Waals surface area (Å²) < 4.78 is 0. The molecule has 4 aromatic carbocycles. The first-order chi connectivity index (χ1) is 32.7. The molecule has 68 heavy (non-hydrogen) atoms. The Kier molecular flexibility index (Phi) is 11.9. The monoisotopic (exact) mass is 932 g/mol. The Bertz CT molecular complexity index is 2430. The molecule has 4 saturated heterocycles. The Morgan fingerprint density at radius 1 is 0.368 bits per heavy atom. The maximum atomic E-state index is 13.9. The van der Waals surface area contributed by atoms with Gasteiger partial charge in [-0.3, -0.25) is 59.6 Å². The summed E-state index contributed by atoms with van der Waals surface area (Å²) in [6.45, 7) is 1.04. The van der Waals surface area contributed by atoms with Crippen LogP contribution in [0.5, 0.6) is 0 Å². The van der Waals surface area contributed by atoms with Gasteiger partial charge in [-0.25, -0.2) is 0 Å². The van der Waals surface area contributed by atoms with Crippen molar-refractivity contribution in [3.05, 3.63) is 113 Å². The maximum Gasteiger partial charge on any atom is 0.294 e. The number of benzene rings is 4. The smallest absolute Gasteiger partial charge is 0.294 e. The summed E-state index contributed by atoms with van der Waals surface area (Å²) in [6, 6.07) is 12.6. The summed E-state index contributed by atoms with van der Waals surface area (Å²) in [7, 11) is 0. The number of hydrogen-bond acceptors (Lipinski definition) is 16. The van der Waals surface area contributed by atoms with E-state index in [2.05, 4.69) is 21.3 Å². The SMILES string of the molecule is O=C1Nc2ccc(c([N+](=O)[O-])c2)N2CCC[C@H]2C(=O)Nc2ccc(c([N+](=O)[O-])c2)N2CCC[C@@H]2C(=O)Nc2ccc(c([N+](=O)[O-])c2)N2CCC[C@H]2C(=O)Nc2ccc(c([N+](=O)[O-])c2)N2CCC[C@H]12. The summed E-state index contributed by atoms with van der Waals surface area (Å²) in [6.07, 6.45) is 3.14. The minimum atomic E-state index is -0.919. The van der Waals surface area contributed by atoms with E-state index in [1.807, 2.05) is 0 Å². The van der Waals surface area contributed by atoms with Crippen LogP contribution in [0.25, 0.3) is 0 Å². The Labute approximate surface area is 385 Å². The number of nitro benzene ring substituents is 4. The average molecular weight is 933 g/mol. The van der Waals surface area contributed by atoms with Crippen LogP contribution in [0.15, 0.2) is 72.8 Å². The van der Waals surface area contributed by atoms with Crippen LogP contribution in [-0.2, 0) is 19.2 Å². The van der Waals surface area contributed by atoms with Crippen LogP contribution in [0, 0.1) is 40.5 Å². The number of carbonyl (C=O) groups is 4. The highest BCUT2D eigenvalue weighted by Gasteiger charge is 2.40. The molecule has 24 heteroatoms. The molecular weight excluding hydrogens is 889 g/mol. The number of hydrogen-bond donors (Lipinski definition) is 4. The van der Waals surface area contributed by atoms with Crippen LogP contribution in [0.4, 0.5) is 68.2 Å². The Balaban J connectivity index is 1.08. The second-order valence-corrected chi connectivity index (χ2v) is 17.2. The van der Waals surface area contributed by atoms with Crippen molar-refractivity contribution in [3.63, 3.8) is 0 Å². The van der Waals surface area contributed by atoms with Crippen molar-refractivity contribution in [2.24, 2.45) is 0 Å². The van der Waals surface area contributed by atoms with Gasteiger partial charge in [-0.15, -0.1) is 0 Å². The molecule has 0 aromatic heterocycles. The number of carbonyl (C=O) groups excluding carboxylic acids is 4.